The fourth-order valence-electron chi connectivity index (χ4n) is 1.92. The molecular weight excluding hydrogens is 304 g/mol. The summed E-state index contributed by atoms with van der Waals surface area (Å²) in [6.07, 6.45) is -7.36. The van der Waals surface area contributed by atoms with Gasteiger partial charge in [0, 0.05) is 5.02 Å². The van der Waals surface area contributed by atoms with Gasteiger partial charge in [-0.2, -0.15) is 0 Å². The van der Waals surface area contributed by atoms with Crippen molar-refractivity contribution in [3.8, 4) is 0 Å². The van der Waals surface area contributed by atoms with Crippen molar-refractivity contribution < 1.29 is 34.7 Å². The summed E-state index contributed by atoms with van der Waals surface area (Å²) in [6.45, 7) is -0.597. The van der Waals surface area contributed by atoms with Crippen molar-refractivity contribution in [3.63, 3.8) is 0 Å². The number of hydrogen-bond donors (Lipinski definition) is 4. The predicted octanol–water partition coefficient (Wildman–Crippen LogP) is -0.703. The average molecular weight is 319 g/mol. The summed E-state index contributed by atoms with van der Waals surface area (Å²) < 4.78 is 10.0. The van der Waals surface area contributed by atoms with Crippen LogP contribution in [0.3, 0.4) is 0 Å². The van der Waals surface area contributed by atoms with E-state index in [-0.39, 0.29) is 5.56 Å². The highest BCUT2D eigenvalue weighted by Gasteiger charge is 2.45. The van der Waals surface area contributed by atoms with Gasteiger partial charge in [-0.25, -0.2) is 4.79 Å². The molecule has 1 aliphatic heterocycles. The van der Waals surface area contributed by atoms with E-state index in [1.807, 2.05) is 0 Å². The summed E-state index contributed by atoms with van der Waals surface area (Å²) in [7, 11) is 0. The Bertz CT molecular complexity index is 490. The smallest absolute Gasteiger partial charge is 0.340 e. The minimum Gasteiger partial charge on any atom is -0.429 e. The zero-order valence-corrected chi connectivity index (χ0v) is 11.6. The number of halogens is 1. The van der Waals surface area contributed by atoms with Gasteiger partial charge in [-0.1, -0.05) is 11.6 Å². The minimum atomic E-state index is -1.63. The van der Waals surface area contributed by atoms with Crippen molar-refractivity contribution in [2.24, 2.45) is 0 Å². The fourth-order valence-corrected chi connectivity index (χ4v) is 2.05. The summed E-state index contributed by atoms with van der Waals surface area (Å²) in [4.78, 5) is 11.9. The van der Waals surface area contributed by atoms with Gasteiger partial charge in [0.1, 0.15) is 24.4 Å². The van der Waals surface area contributed by atoms with Crippen LogP contribution in [0.15, 0.2) is 24.3 Å². The summed E-state index contributed by atoms with van der Waals surface area (Å²) in [6, 6.07) is 5.83. The van der Waals surface area contributed by atoms with Gasteiger partial charge in [-0.3, -0.25) is 0 Å². The Hall–Kier alpha value is -1.22. The van der Waals surface area contributed by atoms with Crippen LogP contribution in [0.1, 0.15) is 10.4 Å². The summed E-state index contributed by atoms with van der Waals surface area (Å²) in [5.74, 6) is -0.795. The molecule has 1 aromatic rings. The van der Waals surface area contributed by atoms with E-state index in [1.165, 1.54) is 24.3 Å². The first-order valence-electron chi connectivity index (χ1n) is 6.21. The lowest BCUT2D eigenvalue weighted by atomic mass is 9.99. The number of rotatable bonds is 3. The molecule has 0 bridgehead atoms. The first kappa shape index (κ1) is 16.2. The molecule has 4 N–H and O–H groups in total. The van der Waals surface area contributed by atoms with Crippen LogP contribution in [-0.4, -0.2) is 63.7 Å². The highest BCUT2D eigenvalue weighted by molar-refractivity contribution is 6.30. The van der Waals surface area contributed by atoms with Crippen molar-refractivity contribution in [2.75, 3.05) is 6.61 Å². The van der Waals surface area contributed by atoms with E-state index < -0.39 is 43.3 Å². The Kier molecular flexibility index (Phi) is 5.15. The van der Waals surface area contributed by atoms with Crippen LogP contribution in [0.4, 0.5) is 0 Å². The van der Waals surface area contributed by atoms with E-state index in [0.717, 1.165) is 0 Å². The van der Waals surface area contributed by atoms with Crippen LogP contribution in [0.5, 0.6) is 0 Å². The lowest BCUT2D eigenvalue weighted by molar-refractivity contribution is -0.285. The van der Waals surface area contributed by atoms with E-state index in [9.17, 15) is 20.1 Å². The maximum atomic E-state index is 11.9. The number of carbonyl (C=O) groups excluding carboxylic acids is 1. The number of aliphatic hydroxyl groups is 4. The zero-order valence-electron chi connectivity index (χ0n) is 10.8. The van der Waals surface area contributed by atoms with Crippen molar-refractivity contribution >= 4 is 17.6 Å². The molecule has 1 fully saturated rings. The zero-order chi connectivity index (χ0) is 15.6. The molecule has 0 saturated carbocycles. The number of esters is 1. The van der Waals surface area contributed by atoms with Gasteiger partial charge in [-0.15, -0.1) is 0 Å². The van der Waals surface area contributed by atoms with E-state index >= 15 is 0 Å². The molecule has 8 heteroatoms. The molecule has 0 aromatic heterocycles. The van der Waals surface area contributed by atoms with Crippen molar-refractivity contribution in [1.82, 2.24) is 0 Å². The Morgan fingerprint density at radius 3 is 2.33 bits per heavy atom. The maximum absolute atomic E-state index is 11.9. The first-order chi connectivity index (χ1) is 9.93. The normalized spacial score (nSPS) is 32.7. The standard InChI is InChI=1S/C13H15ClO7/c14-7-3-1-6(2-4-7)12(19)21-13-11(18)10(17)9(16)8(5-15)20-13/h1-4,8-11,13,15-18H,5H2/t8-,9-,10+,11-,13+/m1/s1. The van der Waals surface area contributed by atoms with Gasteiger partial charge < -0.3 is 29.9 Å². The van der Waals surface area contributed by atoms with E-state index in [0.29, 0.717) is 5.02 Å². The molecule has 0 spiro atoms. The Morgan fingerprint density at radius 1 is 1.14 bits per heavy atom. The van der Waals surface area contributed by atoms with E-state index in [2.05, 4.69) is 0 Å². The monoisotopic (exact) mass is 318 g/mol. The van der Waals surface area contributed by atoms with Gasteiger partial charge >= 0.3 is 5.97 Å². The SMILES string of the molecule is O=C(O[C@@H]1O[C@H](CO)[C@@H](O)[C@H](O)[C@H]1O)c1ccc(Cl)cc1. The molecule has 1 aliphatic rings. The summed E-state index contributed by atoms with van der Waals surface area (Å²) >= 11 is 5.70. The van der Waals surface area contributed by atoms with Crippen molar-refractivity contribution in [3.05, 3.63) is 34.9 Å². The molecule has 116 valence electrons. The second kappa shape index (κ2) is 6.69. The number of aliphatic hydroxyl groups excluding tert-OH is 4. The van der Waals surface area contributed by atoms with Crippen molar-refractivity contribution in [1.29, 1.82) is 0 Å². The molecule has 0 aliphatic carbocycles. The third kappa shape index (κ3) is 3.52. The summed E-state index contributed by atoms with van der Waals surface area (Å²) in [5.41, 5.74) is 0.177. The highest BCUT2D eigenvalue weighted by Crippen LogP contribution is 2.23. The van der Waals surface area contributed by atoms with Crippen molar-refractivity contribution in [2.45, 2.75) is 30.7 Å². The number of ether oxygens (including phenoxy) is 2. The molecule has 5 atom stereocenters. The predicted molar refractivity (Wildman–Crippen MR) is 70.6 cm³/mol. The lowest BCUT2D eigenvalue weighted by Crippen LogP contribution is -2.59. The third-order valence-corrected chi connectivity index (χ3v) is 3.40. The van der Waals surface area contributed by atoms with Gasteiger partial charge in [-0.05, 0) is 24.3 Å². The molecule has 1 aromatic carbocycles. The fraction of sp³-hybridized carbons (Fsp3) is 0.462. The first-order valence-corrected chi connectivity index (χ1v) is 6.59. The van der Waals surface area contributed by atoms with Crippen LogP contribution in [-0.2, 0) is 9.47 Å². The van der Waals surface area contributed by atoms with E-state index in [4.69, 9.17) is 26.2 Å². The topological polar surface area (TPSA) is 116 Å². The number of carbonyl (C=O) groups is 1. The molecular formula is C13H15ClO7. The highest BCUT2D eigenvalue weighted by atomic mass is 35.5. The second-order valence-corrected chi connectivity index (χ2v) is 5.05. The average Bonchev–Trinajstić information content (AvgIpc) is 2.48. The molecule has 0 radical (unpaired) electrons. The second-order valence-electron chi connectivity index (χ2n) is 4.61. The van der Waals surface area contributed by atoms with Gasteiger partial charge in [0.05, 0.1) is 12.2 Å². The molecule has 7 nitrogen and oxygen atoms in total. The molecule has 21 heavy (non-hydrogen) atoms. The van der Waals surface area contributed by atoms with Crippen LogP contribution in [0, 0.1) is 0 Å². The molecule has 2 rings (SSSR count). The summed E-state index contributed by atoms with van der Waals surface area (Å²) in [5, 5.41) is 38.4. The van der Waals surface area contributed by atoms with E-state index in [1.54, 1.807) is 0 Å². The molecule has 0 amide bonds. The molecule has 1 saturated heterocycles. The maximum Gasteiger partial charge on any atom is 0.340 e. The lowest BCUT2D eigenvalue weighted by Gasteiger charge is -2.39. The van der Waals surface area contributed by atoms with Crippen LogP contribution >= 0.6 is 11.6 Å². The Labute approximate surface area is 125 Å². The van der Waals surface area contributed by atoms with Gasteiger partial charge in [0.2, 0.25) is 6.29 Å². The van der Waals surface area contributed by atoms with Gasteiger partial charge in [0.15, 0.2) is 0 Å². The van der Waals surface area contributed by atoms with Gasteiger partial charge in [0.25, 0.3) is 0 Å². The van der Waals surface area contributed by atoms with Crippen LogP contribution in [0.25, 0.3) is 0 Å². The number of hydrogen-bond acceptors (Lipinski definition) is 7. The molecule has 1 heterocycles. The Balaban J connectivity index is 2.07. The van der Waals surface area contributed by atoms with Crippen LogP contribution < -0.4 is 0 Å². The minimum absolute atomic E-state index is 0.177. The van der Waals surface area contributed by atoms with Crippen LogP contribution in [0.2, 0.25) is 5.02 Å². The quantitative estimate of drug-likeness (QED) is 0.544. The number of benzene rings is 1. The largest absolute Gasteiger partial charge is 0.429 e. The Morgan fingerprint density at radius 2 is 1.76 bits per heavy atom. The third-order valence-electron chi connectivity index (χ3n) is 3.15. The molecule has 0 unspecified atom stereocenters.